The minimum atomic E-state index is -4.81. The molecular formula is C16H8Cl3F6NO2. The third kappa shape index (κ3) is 6.08. The fourth-order valence-electron chi connectivity index (χ4n) is 1.88. The Hall–Kier alpha value is -1.84. The zero-order chi connectivity index (χ0) is 21.1. The molecule has 0 radical (unpaired) electrons. The number of ether oxygens (including phenoxy) is 2. The van der Waals surface area contributed by atoms with Crippen molar-refractivity contribution in [3.63, 3.8) is 0 Å². The molecule has 12 heteroatoms. The monoisotopic (exact) mass is 465 g/mol. The van der Waals surface area contributed by atoms with Gasteiger partial charge in [0.15, 0.2) is 0 Å². The van der Waals surface area contributed by atoms with E-state index in [0.29, 0.717) is 18.3 Å². The summed E-state index contributed by atoms with van der Waals surface area (Å²) >= 11 is 16.4. The Morgan fingerprint density at radius 1 is 1.04 bits per heavy atom. The van der Waals surface area contributed by atoms with Crippen molar-refractivity contribution in [1.82, 2.24) is 4.98 Å². The van der Waals surface area contributed by atoms with Gasteiger partial charge in [0, 0.05) is 6.20 Å². The summed E-state index contributed by atoms with van der Waals surface area (Å²) in [5, 5.41) is -0.523. The first-order chi connectivity index (χ1) is 12.9. The van der Waals surface area contributed by atoms with Crippen molar-refractivity contribution in [2.75, 3.05) is 6.61 Å². The predicted molar refractivity (Wildman–Crippen MR) is 91.1 cm³/mol. The molecule has 0 fully saturated rings. The Labute approximate surface area is 169 Å². The average Bonchev–Trinajstić information content (AvgIpc) is 2.55. The molecule has 2 rings (SSSR count). The summed E-state index contributed by atoms with van der Waals surface area (Å²) in [6.07, 6.45) is -7.90. The van der Waals surface area contributed by atoms with Gasteiger partial charge in [-0.05, 0) is 30.3 Å². The number of aromatic nitrogens is 1. The van der Waals surface area contributed by atoms with Gasteiger partial charge in [-0.1, -0.05) is 34.8 Å². The van der Waals surface area contributed by atoms with E-state index in [2.05, 4.69) is 4.98 Å². The molecule has 0 saturated carbocycles. The highest BCUT2D eigenvalue weighted by Gasteiger charge is 2.35. The molecule has 1 aromatic carbocycles. The largest absolute Gasteiger partial charge is 0.489 e. The van der Waals surface area contributed by atoms with Gasteiger partial charge in [-0.2, -0.15) is 26.3 Å². The quantitative estimate of drug-likeness (QED) is 0.435. The van der Waals surface area contributed by atoms with Gasteiger partial charge >= 0.3 is 12.4 Å². The van der Waals surface area contributed by atoms with E-state index in [0.717, 1.165) is 18.2 Å². The smallest absolute Gasteiger partial charge is 0.420 e. The highest BCUT2D eigenvalue weighted by Crippen LogP contribution is 2.40. The second-order valence-corrected chi connectivity index (χ2v) is 6.49. The van der Waals surface area contributed by atoms with Crippen LogP contribution in [-0.2, 0) is 12.4 Å². The zero-order valence-corrected chi connectivity index (χ0v) is 15.6. The summed E-state index contributed by atoms with van der Waals surface area (Å²) in [4.78, 5) is 3.40. The van der Waals surface area contributed by atoms with Crippen LogP contribution in [0.25, 0.3) is 0 Å². The Balaban J connectivity index is 2.31. The van der Waals surface area contributed by atoms with Crippen LogP contribution in [0, 0.1) is 0 Å². The molecule has 0 saturated heterocycles. The third-order valence-corrected chi connectivity index (χ3v) is 3.66. The van der Waals surface area contributed by atoms with Crippen molar-refractivity contribution in [2.24, 2.45) is 0 Å². The average molecular weight is 467 g/mol. The number of pyridine rings is 1. The van der Waals surface area contributed by atoms with Gasteiger partial charge in [-0.3, -0.25) is 0 Å². The fraction of sp³-hybridized carbons (Fsp3) is 0.188. The molecule has 0 bridgehead atoms. The lowest BCUT2D eigenvalue weighted by Gasteiger charge is -2.15. The first-order valence-corrected chi connectivity index (χ1v) is 8.27. The first kappa shape index (κ1) is 22.4. The van der Waals surface area contributed by atoms with E-state index in [1.54, 1.807) is 0 Å². The standard InChI is InChI=1S/C16H8Cl3F6NO2/c17-11-5-8(15(20,21)22)7-26-14(11)28-9-1-2-12(27-4-3-13(18)19)10(6-9)16(23,24)25/h1-3,5-7H,4H2. The Morgan fingerprint density at radius 2 is 1.71 bits per heavy atom. The molecule has 0 aliphatic heterocycles. The Kier molecular flexibility index (Phi) is 6.95. The van der Waals surface area contributed by atoms with Gasteiger partial charge in [0.05, 0.1) is 5.56 Å². The highest BCUT2D eigenvalue weighted by atomic mass is 35.5. The van der Waals surface area contributed by atoms with Crippen LogP contribution in [0.2, 0.25) is 5.02 Å². The van der Waals surface area contributed by atoms with E-state index in [9.17, 15) is 26.3 Å². The lowest BCUT2D eigenvalue weighted by Crippen LogP contribution is -2.09. The number of halogens is 9. The normalized spacial score (nSPS) is 11.9. The van der Waals surface area contributed by atoms with Crippen molar-refractivity contribution >= 4 is 34.8 Å². The summed E-state index contributed by atoms with van der Waals surface area (Å²) in [7, 11) is 0. The molecule has 2 aromatic rings. The zero-order valence-electron chi connectivity index (χ0n) is 13.3. The van der Waals surface area contributed by atoms with Gasteiger partial charge in [0.1, 0.15) is 33.2 Å². The molecule has 3 nitrogen and oxygen atoms in total. The van der Waals surface area contributed by atoms with Gasteiger partial charge in [-0.25, -0.2) is 4.98 Å². The van der Waals surface area contributed by atoms with E-state index in [1.165, 1.54) is 0 Å². The first-order valence-electron chi connectivity index (χ1n) is 7.13. The maximum atomic E-state index is 13.2. The molecule has 152 valence electrons. The molecular weight excluding hydrogens is 459 g/mol. The Morgan fingerprint density at radius 3 is 2.25 bits per heavy atom. The molecule has 0 unspecified atom stereocenters. The van der Waals surface area contributed by atoms with Crippen LogP contribution < -0.4 is 9.47 Å². The summed E-state index contributed by atoms with van der Waals surface area (Å²) in [5.74, 6) is -1.38. The van der Waals surface area contributed by atoms with Crippen molar-refractivity contribution in [3.05, 3.63) is 57.2 Å². The summed E-state index contributed by atoms with van der Waals surface area (Å²) in [6.45, 7) is -0.322. The van der Waals surface area contributed by atoms with Crippen molar-refractivity contribution in [1.29, 1.82) is 0 Å². The lowest BCUT2D eigenvalue weighted by atomic mass is 10.2. The van der Waals surface area contributed by atoms with Crippen LogP contribution in [-0.4, -0.2) is 11.6 Å². The van der Waals surface area contributed by atoms with Gasteiger partial charge in [0.25, 0.3) is 0 Å². The molecule has 0 aliphatic carbocycles. The molecule has 0 atom stereocenters. The van der Waals surface area contributed by atoms with Gasteiger partial charge in [0.2, 0.25) is 5.88 Å². The predicted octanol–water partition coefficient (Wildman–Crippen LogP) is 7.26. The maximum Gasteiger partial charge on any atom is 0.420 e. The second kappa shape index (κ2) is 8.67. The van der Waals surface area contributed by atoms with Crippen LogP contribution in [0.1, 0.15) is 11.1 Å². The van der Waals surface area contributed by atoms with Crippen LogP contribution in [0.3, 0.4) is 0 Å². The maximum absolute atomic E-state index is 13.2. The van der Waals surface area contributed by atoms with E-state index in [1.807, 2.05) is 0 Å². The molecule has 1 heterocycles. The topological polar surface area (TPSA) is 31.4 Å². The molecule has 28 heavy (non-hydrogen) atoms. The van der Waals surface area contributed by atoms with Gasteiger partial charge < -0.3 is 9.47 Å². The molecule has 0 aliphatic rings. The number of alkyl halides is 6. The fourth-order valence-corrected chi connectivity index (χ4v) is 2.21. The van der Waals surface area contributed by atoms with E-state index in [4.69, 9.17) is 44.3 Å². The lowest BCUT2D eigenvalue weighted by molar-refractivity contribution is -0.139. The SMILES string of the molecule is FC(F)(F)c1cnc(Oc2ccc(OCC=C(Cl)Cl)c(C(F)(F)F)c2)c(Cl)c1. The van der Waals surface area contributed by atoms with E-state index >= 15 is 0 Å². The molecule has 0 N–H and O–H groups in total. The summed E-state index contributed by atoms with van der Waals surface area (Å²) in [5.41, 5.74) is -2.32. The van der Waals surface area contributed by atoms with E-state index in [-0.39, 0.29) is 16.8 Å². The summed E-state index contributed by atoms with van der Waals surface area (Å²) < 4.78 is 87.4. The van der Waals surface area contributed by atoms with Crippen LogP contribution in [0.4, 0.5) is 26.3 Å². The third-order valence-electron chi connectivity index (χ3n) is 3.08. The number of benzene rings is 1. The summed E-state index contributed by atoms with van der Waals surface area (Å²) in [6, 6.07) is 3.21. The highest BCUT2D eigenvalue weighted by molar-refractivity contribution is 6.55. The van der Waals surface area contributed by atoms with Crippen LogP contribution in [0.5, 0.6) is 17.4 Å². The Bertz CT molecular complexity index is 880. The van der Waals surface area contributed by atoms with Crippen molar-refractivity contribution in [2.45, 2.75) is 12.4 Å². The minimum absolute atomic E-state index is 0.184. The van der Waals surface area contributed by atoms with Crippen LogP contribution in [0.15, 0.2) is 41.0 Å². The number of hydrogen-bond donors (Lipinski definition) is 0. The van der Waals surface area contributed by atoms with Gasteiger partial charge in [-0.15, -0.1) is 0 Å². The molecule has 0 spiro atoms. The number of rotatable bonds is 5. The van der Waals surface area contributed by atoms with Crippen molar-refractivity contribution < 1.29 is 35.8 Å². The van der Waals surface area contributed by atoms with Crippen molar-refractivity contribution in [3.8, 4) is 17.4 Å². The van der Waals surface area contributed by atoms with E-state index < -0.39 is 40.1 Å². The second-order valence-electron chi connectivity index (χ2n) is 5.07. The molecule has 0 amide bonds. The molecule has 1 aromatic heterocycles. The number of nitrogens with zero attached hydrogens (tertiary/aromatic N) is 1. The van der Waals surface area contributed by atoms with Crippen LogP contribution >= 0.6 is 34.8 Å². The minimum Gasteiger partial charge on any atom is -0.489 e. The number of hydrogen-bond acceptors (Lipinski definition) is 3.